The van der Waals surface area contributed by atoms with Crippen molar-refractivity contribution in [2.24, 2.45) is 0 Å². The van der Waals surface area contributed by atoms with Crippen LogP contribution in [-0.4, -0.2) is 58.4 Å². The monoisotopic (exact) mass is 524 g/mol. The van der Waals surface area contributed by atoms with Crippen LogP contribution in [0.25, 0.3) is 10.6 Å². The number of thiazole rings is 1. The molecule has 3 aromatic rings. The molecule has 8 nitrogen and oxygen atoms in total. The molecule has 4 rings (SSSR count). The summed E-state index contributed by atoms with van der Waals surface area (Å²) in [5.74, 6) is 0. The second-order valence-corrected chi connectivity index (χ2v) is 9.47. The van der Waals surface area contributed by atoms with Crippen LogP contribution in [0.2, 0.25) is 0 Å². The zero-order valence-electron chi connectivity index (χ0n) is 19.0. The molecule has 1 fully saturated rings. The number of thioether (sulfide) groups is 1. The molecule has 1 aliphatic rings. The zero-order valence-corrected chi connectivity index (χ0v) is 20.6. The minimum Gasteiger partial charge on any atom is -0.379 e. The van der Waals surface area contributed by atoms with Crippen LogP contribution >= 0.6 is 23.1 Å². The van der Waals surface area contributed by atoms with Gasteiger partial charge in [0.15, 0.2) is 10.3 Å². The van der Waals surface area contributed by atoms with Gasteiger partial charge in [0.1, 0.15) is 0 Å². The number of carbonyl (C=O) groups is 1. The summed E-state index contributed by atoms with van der Waals surface area (Å²) in [6.45, 7) is 4.08. The van der Waals surface area contributed by atoms with Gasteiger partial charge in [-0.15, -0.1) is 0 Å². The van der Waals surface area contributed by atoms with E-state index in [0.29, 0.717) is 48.0 Å². The molecular formula is C22H23F3N6O2S2. The van der Waals surface area contributed by atoms with E-state index in [1.165, 1.54) is 35.2 Å². The van der Waals surface area contributed by atoms with Crippen molar-refractivity contribution in [3.8, 4) is 10.6 Å². The lowest BCUT2D eigenvalue weighted by Crippen LogP contribution is -2.36. The highest BCUT2D eigenvalue weighted by Gasteiger charge is 2.34. The van der Waals surface area contributed by atoms with Crippen molar-refractivity contribution < 1.29 is 22.7 Å². The van der Waals surface area contributed by atoms with E-state index in [0.717, 1.165) is 10.9 Å². The summed E-state index contributed by atoms with van der Waals surface area (Å²) in [7, 11) is 0. The Morgan fingerprint density at radius 1 is 1.20 bits per heavy atom. The Labute approximate surface area is 208 Å². The fourth-order valence-electron chi connectivity index (χ4n) is 3.57. The molecule has 1 aromatic carbocycles. The number of anilines is 2. The van der Waals surface area contributed by atoms with Crippen molar-refractivity contribution in [1.82, 2.24) is 19.9 Å². The molecule has 2 aromatic heterocycles. The first kappa shape index (κ1) is 25.4. The number of hydrogen-bond acceptors (Lipinski definition) is 8. The lowest BCUT2D eigenvalue weighted by atomic mass is 10.0. The van der Waals surface area contributed by atoms with Gasteiger partial charge in [-0.3, -0.25) is 10.2 Å². The van der Waals surface area contributed by atoms with Crippen molar-refractivity contribution >= 4 is 39.9 Å². The van der Waals surface area contributed by atoms with Crippen LogP contribution in [-0.2, 0) is 17.5 Å². The number of aryl methyl sites for hydroxylation is 1. The number of carbonyl (C=O) groups excluding carboxylic acids is 1. The van der Waals surface area contributed by atoms with Crippen molar-refractivity contribution in [1.29, 1.82) is 0 Å². The molecule has 13 heteroatoms. The summed E-state index contributed by atoms with van der Waals surface area (Å²) in [6.07, 6.45) is -1.03. The SMILES string of the molecule is CSc1nccc(-c2sc(NC(=O)Nc3ccc(CN4CCOCC4)c(C(F)(F)F)c3)nc2C)n1. The summed E-state index contributed by atoms with van der Waals surface area (Å²) in [5.41, 5.74) is 0.762. The maximum atomic E-state index is 13.7. The molecule has 1 aliphatic heterocycles. The van der Waals surface area contributed by atoms with E-state index in [-0.39, 0.29) is 17.8 Å². The molecule has 35 heavy (non-hydrogen) atoms. The lowest BCUT2D eigenvalue weighted by molar-refractivity contribution is -0.138. The van der Waals surface area contributed by atoms with E-state index in [4.69, 9.17) is 4.74 Å². The van der Waals surface area contributed by atoms with Crippen LogP contribution < -0.4 is 10.6 Å². The molecule has 186 valence electrons. The number of ether oxygens (including phenoxy) is 1. The topological polar surface area (TPSA) is 92.3 Å². The van der Waals surface area contributed by atoms with E-state index in [9.17, 15) is 18.0 Å². The lowest BCUT2D eigenvalue weighted by Gasteiger charge is -2.27. The summed E-state index contributed by atoms with van der Waals surface area (Å²) < 4.78 is 46.5. The first-order valence-electron chi connectivity index (χ1n) is 10.7. The Morgan fingerprint density at radius 3 is 2.69 bits per heavy atom. The van der Waals surface area contributed by atoms with Gasteiger partial charge in [0.05, 0.1) is 35.0 Å². The number of nitrogens with one attached hydrogen (secondary N) is 2. The minimum atomic E-state index is -4.55. The highest BCUT2D eigenvalue weighted by atomic mass is 32.2. The maximum absolute atomic E-state index is 13.7. The molecule has 2 amide bonds. The Morgan fingerprint density at radius 2 is 1.97 bits per heavy atom. The van der Waals surface area contributed by atoms with Gasteiger partial charge >= 0.3 is 12.2 Å². The predicted molar refractivity (Wildman–Crippen MR) is 130 cm³/mol. The van der Waals surface area contributed by atoms with Gasteiger partial charge in [-0.05, 0) is 36.9 Å². The van der Waals surface area contributed by atoms with Crippen molar-refractivity contribution in [2.75, 3.05) is 43.2 Å². The number of amides is 2. The second-order valence-electron chi connectivity index (χ2n) is 7.70. The van der Waals surface area contributed by atoms with E-state index in [2.05, 4.69) is 25.6 Å². The smallest absolute Gasteiger partial charge is 0.379 e. The molecule has 0 bridgehead atoms. The van der Waals surface area contributed by atoms with E-state index in [1.807, 2.05) is 11.2 Å². The van der Waals surface area contributed by atoms with Crippen LogP contribution in [0.4, 0.5) is 28.8 Å². The van der Waals surface area contributed by atoms with Crippen LogP contribution in [0.3, 0.4) is 0 Å². The molecule has 0 radical (unpaired) electrons. The van der Waals surface area contributed by atoms with E-state index >= 15 is 0 Å². The van der Waals surface area contributed by atoms with E-state index < -0.39 is 17.8 Å². The van der Waals surface area contributed by atoms with Gasteiger partial charge in [0.25, 0.3) is 0 Å². The van der Waals surface area contributed by atoms with Gasteiger partial charge < -0.3 is 10.1 Å². The third-order valence-electron chi connectivity index (χ3n) is 5.24. The van der Waals surface area contributed by atoms with Gasteiger partial charge in [-0.25, -0.2) is 19.7 Å². The summed E-state index contributed by atoms with van der Waals surface area (Å²) in [4.78, 5) is 28.1. The minimum absolute atomic E-state index is 0.0365. The first-order valence-corrected chi connectivity index (χ1v) is 12.7. The molecule has 0 spiro atoms. The quantitative estimate of drug-likeness (QED) is 0.341. The fourth-order valence-corrected chi connectivity index (χ4v) is 4.86. The Bertz CT molecular complexity index is 1200. The number of aromatic nitrogens is 3. The van der Waals surface area contributed by atoms with Crippen LogP contribution in [0, 0.1) is 6.92 Å². The Hall–Kier alpha value is -2.74. The molecule has 3 heterocycles. The number of urea groups is 1. The molecule has 0 atom stereocenters. The van der Waals surface area contributed by atoms with Crippen molar-refractivity contribution in [3.63, 3.8) is 0 Å². The number of halogens is 3. The molecule has 0 aliphatic carbocycles. The number of hydrogen-bond donors (Lipinski definition) is 2. The third-order valence-corrected chi connectivity index (χ3v) is 6.89. The zero-order chi connectivity index (χ0) is 25.0. The Kier molecular flexibility index (Phi) is 7.89. The van der Waals surface area contributed by atoms with Crippen LogP contribution in [0.1, 0.15) is 16.8 Å². The second kappa shape index (κ2) is 10.9. The highest BCUT2D eigenvalue weighted by molar-refractivity contribution is 7.98. The average Bonchev–Trinajstić information content (AvgIpc) is 3.19. The maximum Gasteiger partial charge on any atom is 0.416 e. The van der Waals surface area contributed by atoms with Crippen LogP contribution in [0.15, 0.2) is 35.6 Å². The summed E-state index contributed by atoms with van der Waals surface area (Å²) >= 11 is 2.63. The molecule has 0 unspecified atom stereocenters. The molecule has 0 saturated carbocycles. The largest absolute Gasteiger partial charge is 0.416 e. The molecule has 2 N–H and O–H groups in total. The van der Waals surface area contributed by atoms with Gasteiger partial charge in [-0.2, -0.15) is 13.2 Å². The number of rotatable bonds is 6. The highest BCUT2D eigenvalue weighted by Crippen LogP contribution is 2.35. The molecule has 1 saturated heterocycles. The number of morpholine rings is 1. The van der Waals surface area contributed by atoms with Crippen LogP contribution in [0.5, 0.6) is 0 Å². The number of benzene rings is 1. The number of nitrogens with zero attached hydrogens (tertiary/aromatic N) is 4. The van der Waals surface area contributed by atoms with Gasteiger partial charge in [-0.1, -0.05) is 29.2 Å². The third kappa shape index (κ3) is 6.48. The Balaban J connectivity index is 1.47. The van der Waals surface area contributed by atoms with Crippen molar-refractivity contribution in [3.05, 3.63) is 47.3 Å². The summed E-state index contributed by atoms with van der Waals surface area (Å²) in [6, 6.07) is 4.89. The first-order chi connectivity index (χ1) is 16.7. The fraction of sp³-hybridized carbons (Fsp3) is 0.364. The summed E-state index contributed by atoms with van der Waals surface area (Å²) in [5, 5.41) is 5.98. The molecular weight excluding hydrogens is 501 g/mol. The van der Waals surface area contributed by atoms with Gasteiger partial charge in [0.2, 0.25) is 0 Å². The number of alkyl halides is 3. The standard InChI is InChI=1S/C22H23F3N6O2S2/c1-13-18(17-5-6-26-20(29-17)34-2)35-21(27-13)30-19(32)28-15-4-3-14(16(11-15)22(23,24)25)12-31-7-9-33-10-8-31/h3-6,11H,7-10,12H2,1-2H3,(H2,27,28,30,32). The van der Waals surface area contributed by atoms with Crippen molar-refractivity contribution in [2.45, 2.75) is 24.8 Å². The van der Waals surface area contributed by atoms with Gasteiger partial charge in [0, 0.05) is 31.5 Å². The average molecular weight is 525 g/mol. The van der Waals surface area contributed by atoms with E-state index in [1.54, 1.807) is 19.2 Å². The normalized spacial score (nSPS) is 14.7. The predicted octanol–water partition coefficient (Wildman–Crippen LogP) is 5.13.